The number of carbonyl (C=O) groups is 1. The zero-order valence-electron chi connectivity index (χ0n) is 18.0. The van der Waals surface area contributed by atoms with Gasteiger partial charge in [0.15, 0.2) is 11.5 Å². The maximum absolute atomic E-state index is 13.0. The van der Waals surface area contributed by atoms with E-state index in [9.17, 15) is 13.2 Å². The summed E-state index contributed by atoms with van der Waals surface area (Å²) in [5, 5.41) is 3.09. The van der Waals surface area contributed by atoms with E-state index >= 15 is 0 Å². The van der Waals surface area contributed by atoms with Gasteiger partial charge >= 0.3 is 0 Å². The van der Waals surface area contributed by atoms with Crippen molar-refractivity contribution in [3.8, 4) is 11.5 Å². The minimum absolute atomic E-state index is 0.0659. The Morgan fingerprint density at radius 2 is 1.60 bits per heavy atom. The third-order valence-electron chi connectivity index (χ3n) is 5.71. The quantitative estimate of drug-likeness (QED) is 0.710. The monoisotopic (exact) mass is 438 g/mol. The Kier molecular flexibility index (Phi) is 7.99. The summed E-state index contributed by atoms with van der Waals surface area (Å²) in [5.74, 6) is 0.506. The summed E-state index contributed by atoms with van der Waals surface area (Å²) < 4.78 is 39.9. The third-order valence-corrected chi connectivity index (χ3v) is 7.15. The minimum atomic E-state index is -3.90. The van der Waals surface area contributed by atoms with Crippen LogP contribution in [0.4, 0.5) is 0 Å². The molecule has 2 N–H and O–H groups in total. The van der Waals surface area contributed by atoms with Crippen molar-refractivity contribution in [2.45, 2.75) is 82.2 Å². The van der Waals surface area contributed by atoms with Crippen molar-refractivity contribution < 1.29 is 22.7 Å². The normalized spacial score (nSPS) is 19.4. The Morgan fingerprint density at radius 1 is 0.967 bits per heavy atom. The van der Waals surface area contributed by atoms with Gasteiger partial charge in [-0.15, -0.1) is 0 Å². The highest BCUT2D eigenvalue weighted by Gasteiger charge is 2.30. The molecule has 1 saturated carbocycles. The lowest BCUT2D eigenvalue weighted by molar-refractivity contribution is -0.124. The Bertz CT molecular complexity index is 817. The summed E-state index contributed by atoms with van der Waals surface area (Å²) in [4.78, 5) is 13.0. The summed E-state index contributed by atoms with van der Waals surface area (Å²) in [7, 11) is -3.90. The molecule has 0 bridgehead atoms. The van der Waals surface area contributed by atoms with Gasteiger partial charge in [0, 0.05) is 18.5 Å². The second kappa shape index (κ2) is 10.5. The fraction of sp³-hybridized carbons (Fsp3) is 0.682. The van der Waals surface area contributed by atoms with E-state index in [0.717, 1.165) is 32.1 Å². The zero-order valence-corrected chi connectivity index (χ0v) is 18.8. The van der Waals surface area contributed by atoms with Gasteiger partial charge in [-0.25, -0.2) is 8.42 Å². The molecule has 1 aromatic carbocycles. The van der Waals surface area contributed by atoms with Gasteiger partial charge in [-0.2, -0.15) is 4.72 Å². The van der Waals surface area contributed by atoms with Gasteiger partial charge in [-0.1, -0.05) is 46.0 Å². The Hall–Kier alpha value is -1.80. The lowest BCUT2D eigenvalue weighted by Crippen LogP contribution is -2.52. The van der Waals surface area contributed by atoms with Gasteiger partial charge in [-0.05, 0) is 30.9 Å². The Morgan fingerprint density at radius 3 is 2.27 bits per heavy atom. The average Bonchev–Trinajstić information content (AvgIpc) is 2.92. The van der Waals surface area contributed by atoms with Crippen LogP contribution in [0.2, 0.25) is 0 Å². The van der Waals surface area contributed by atoms with Crippen LogP contribution in [0.15, 0.2) is 23.1 Å². The van der Waals surface area contributed by atoms with Crippen molar-refractivity contribution in [3.63, 3.8) is 0 Å². The van der Waals surface area contributed by atoms with E-state index in [-0.39, 0.29) is 22.8 Å². The molecule has 0 spiro atoms. The summed E-state index contributed by atoms with van der Waals surface area (Å²) in [5.41, 5.74) is 0. The van der Waals surface area contributed by atoms with Crippen LogP contribution in [0.25, 0.3) is 0 Å². The second-order valence-corrected chi connectivity index (χ2v) is 10.3. The molecule has 168 valence electrons. The van der Waals surface area contributed by atoms with Gasteiger partial charge in [0.25, 0.3) is 0 Å². The number of amides is 1. The molecule has 2 aliphatic rings. The number of nitrogens with one attached hydrogen (secondary N) is 2. The molecule has 1 heterocycles. The maximum atomic E-state index is 13.0. The van der Waals surface area contributed by atoms with Crippen molar-refractivity contribution in [2.24, 2.45) is 5.92 Å². The van der Waals surface area contributed by atoms with Crippen LogP contribution in [-0.4, -0.2) is 39.6 Å². The van der Waals surface area contributed by atoms with Gasteiger partial charge in [-0.3, -0.25) is 4.79 Å². The van der Waals surface area contributed by atoms with Crippen LogP contribution in [0, 0.1) is 5.92 Å². The largest absolute Gasteiger partial charge is 0.490 e. The van der Waals surface area contributed by atoms with Crippen LogP contribution < -0.4 is 19.5 Å². The van der Waals surface area contributed by atoms with E-state index in [1.54, 1.807) is 6.07 Å². The molecule has 0 saturated heterocycles. The first kappa shape index (κ1) is 22.9. The summed E-state index contributed by atoms with van der Waals surface area (Å²) >= 11 is 0. The van der Waals surface area contributed by atoms with E-state index < -0.39 is 16.1 Å². The van der Waals surface area contributed by atoms with E-state index in [1.807, 2.05) is 13.8 Å². The van der Waals surface area contributed by atoms with E-state index in [0.29, 0.717) is 24.7 Å². The fourth-order valence-corrected chi connectivity index (χ4v) is 5.29. The molecule has 0 radical (unpaired) electrons. The van der Waals surface area contributed by atoms with Crippen LogP contribution in [-0.2, 0) is 14.8 Å². The Balaban J connectivity index is 1.71. The molecule has 30 heavy (non-hydrogen) atoms. The van der Waals surface area contributed by atoms with E-state index in [4.69, 9.17) is 9.47 Å². The molecule has 1 aliphatic heterocycles. The first-order valence-electron chi connectivity index (χ1n) is 11.1. The minimum Gasteiger partial charge on any atom is -0.490 e. The average molecular weight is 439 g/mol. The van der Waals surface area contributed by atoms with Crippen molar-refractivity contribution in [1.82, 2.24) is 10.0 Å². The number of sulfonamides is 1. The smallest absolute Gasteiger partial charge is 0.241 e. The highest BCUT2D eigenvalue weighted by molar-refractivity contribution is 7.89. The van der Waals surface area contributed by atoms with Gasteiger partial charge in [0.05, 0.1) is 18.1 Å². The van der Waals surface area contributed by atoms with Gasteiger partial charge < -0.3 is 14.8 Å². The zero-order chi connectivity index (χ0) is 21.6. The van der Waals surface area contributed by atoms with Crippen molar-refractivity contribution in [2.75, 3.05) is 13.2 Å². The van der Waals surface area contributed by atoms with Gasteiger partial charge in [0.1, 0.15) is 6.04 Å². The summed E-state index contributed by atoms with van der Waals surface area (Å²) in [6, 6.07) is 3.83. The van der Waals surface area contributed by atoms with Gasteiger partial charge in [0.2, 0.25) is 15.9 Å². The SMILES string of the molecule is CC(C)C(NS(=O)(=O)c1ccc2c(c1)OCCCO2)C(=O)NC1CCCCCCC1. The number of benzene rings is 1. The molecule has 0 aromatic heterocycles. The standard InChI is InChI=1S/C22H34N2O5S/c1-16(2)21(22(25)23-17-9-6-4-3-5-7-10-17)24-30(26,27)18-11-12-19-20(15-18)29-14-8-13-28-19/h11-12,15-17,21,24H,3-10,13-14H2,1-2H3,(H,23,25). The molecular weight excluding hydrogens is 404 g/mol. The third kappa shape index (κ3) is 6.11. The second-order valence-electron chi connectivity index (χ2n) is 8.55. The van der Waals surface area contributed by atoms with Crippen molar-refractivity contribution in [1.29, 1.82) is 0 Å². The maximum Gasteiger partial charge on any atom is 0.241 e. The molecule has 1 aliphatic carbocycles. The molecule has 8 heteroatoms. The molecule has 1 atom stereocenters. The van der Waals surface area contributed by atoms with Crippen molar-refractivity contribution in [3.05, 3.63) is 18.2 Å². The molecular formula is C22H34N2O5S. The number of fused-ring (bicyclic) bond motifs is 1. The predicted molar refractivity (Wildman–Crippen MR) is 115 cm³/mol. The fourth-order valence-electron chi connectivity index (χ4n) is 3.93. The topological polar surface area (TPSA) is 93.7 Å². The van der Waals surface area contributed by atoms with E-state index in [1.165, 1.54) is 31.4 Å². The highest BCUT2D eigenvalue weighted by atomic mass is 32.2. The molecule has 1 aromatic rings. The van der Waals surface area contributed by atoms with Crippen LogP contribution in [0.3, 0.4) is 0 Å². The molecule has 1 fully saturated rings. The first-order valence-corrected chi connectivity index (χ1v) is 12.6. The molecule has 3 rings (SSSR count). The number of ether oxygens (including phenoxy) is 2. The van der Waals surface area contributed by atoms with Crippen LogP contribution >= 0.6 is 0 Å². The predicted octanol–water partition coefficient (Wildman–Crippen LogP) is 3.38. The highest BCUT2D eigenvalue weighted by Crippen LogP contribution is 2.32. The number of hydrogen-bond acceptors (Lipinski definition) is 5. The number of rotatable bonds is 6. The summed E-state index contributed by atoms with van der Waals surface area (Å²) in [6.45, 7) is 4.70. The first-order chi connectivity index (χ1) is 14.4. The lowest BCUT2D eigenvalue weighted by atomic mass is 9.96. The molecule has 7 nitrogen and oxygen atoms in total. The lowest BCUT2D eigenvalue weighted by Gasteiger charge is -2.26. The number of hydrogen-bond donors (Lipinski definition) is 2. The Labute approximate surface area is 180 Å². The van der Waals surface area contributed by atoms with Crippen LogP contribution in [0.5, 0.6) is 11.5 Å². The van der Waals surface area contributed by atoms with Crippen LogP contribution in [0.1, 0.15) is 65.2 Å². The molecule has 1 amide bonds. The number of carbonyl (C=O) groups excluding carboxylic acids is 1. The summed E-state index contributed by atoms with van der Waals surface area (Å²) in [6.07, 6.45) is 8.47. The van der Waals surface area contributed by atoms with Crippen molar-refractivity contribution >= 4 is 15.9 Å². The van der Waals surface area contributed by atoms with E-state index in [2.05, 4.69) is 10.0 Å². The molecule has 1 unspecified atom stereocenters.